The van der Waals surface area contributed by atoms with Crippen molar-refractivity contribution in [2.24, 2.45) is 12.0 Å². The molecule has 2 atom stereocenters. The Hall–Kier alpha value is -5.91. The van der Waals surface area contributed by atoms with Crippen LogP contribution in [0.25, 0.3) is 59.4 Å². The van der Waals surface area contributed by atoms with E-state index in [0.717, 1.165) is 42.5 Å². The summed E-state index contributed by atoms with van der Waals surface area (Å²) in [4.78, 5) is 5.34. The van der Waals surface area contributed by atoms with Gasteiger partial charge in [0.15, 0.2) is 11.0 Å². The predicted octanol–water partition coefficient (Wildman–Crippen LogP) is 15.0. The van der Waals surface area contributed by atoms with Gasteiger partial charge in [-0.2, -0.15) is 4.57 Å². The van der Waals surface area contributed by atoms with Crippen molar-refractivity contribution in [2.75, 3.05) is 0 Å². The lowest BCUT2D eigenvalue weighted by Gasteiger charge is -2.30. The third-order valence-corrected chi connectivity index (χ3v) is 13.9. The number of allylic oxidation sites excluding steroid dienone is 2. The van der Waals surface area contributed by atoms with E-state index >= 15 is 0 Å². The number of halogens is 1. The molecule has 306 valence electrons. The van der Waals surface area contributed by atoms with Gasteiger partial charge in [0.05, 0.1) is 29.1 Å². The molecule has 1 aliphatic heterocycles. The fourth-order valence-electron chi connectivity index (χ4n) is 9.65. The van der Waals surface area contributed by atoms with Gasteiger partial charge in [-0.25, -0.2) is 8.96 Å². The third-order valence-electron chi connectivity index (χ3n) is 12.7. The number of thiophene rings is 1. The van der Waals surface area contributed by atoms with Crippen LogP contribution in [0.3, 0.4) is 0 Å². The Morgan fingerprint density at radius 3 is 2.26 bits per heavy atom. The van der Waals surface area contributed by atoms with Gasteiger partial charge in [0.1, 0.15) is 11.5 Å². The number of unbranched alkanes of at least 4 members (excludes halogenated alkanes) is 1. The van der Waals surface area contributed by atoms with Crippen molar-refractivity contribution in [3.63, 3.8) is 0 Å². The molecule has 0 bridgehead atoms. The van der Waals surface area contributed by atoms with Crippen molar-refractivity contribution in [2.45, 2.75) is 84.1 Å². The molecule has 6 aromatic carbocycles. The number of aromatic nitrogens is 2. The summed E-state index contributed by atoms with van der Waals surface area (Å²) >= 11 is 1.87. The molecular formula is C56H55FN3S+. The number of imidazole rings is 1. The van der Waals surface area contributed by atoms with Crippen molar-refractivity contribution >= 4 is 48.3 Å². The lowest BCUT2D eigenvalue weighted by molar-refractivity contribution is -0.633. The van der Waals surface area contributed by atoms with Crippen LogP contribution in [0.5, 0.6) is 0 Å². The van der Waals surface area contributed by atoms with E-state index in [9.17, 15) is 4.39 Å². The Bertz CT molecular complexity index is 2970. The van der Waals surface area contributed by atoms with Gasteiger partial charge in [-0.3, -0.25) is 4.99 Å². The maximum absolute atomic E-state index is 14.0. The number of aliphatic imine (C=N–C) groups is 1. The molecule has 5 heteroatoms. The van der Waals surface area contributed by atoms with Crippen molar-refractivity contribution in [1.82, 2.24) is 4.57 Å². The Morgan fingerprint density at radius 2 is 1.52 bits per heavy atom. The molecule has 3 nitrogen and oxygen atoms in total. The van der Waals surface area contributed by atoms with Crippen LogP contribution >= 0.6 is 11.3 Å². The molecule has 1 aliphatic rings. The molecule has 0 fully saturated rings. The highest BCUT2D eigenvalue weighted by Gasteiger charge is 2.35. The van der Waals surface area contributed by atoms with E-state index in [2.05, 4.69) is 173 Å². The standard InChI is InChI=1S/C56H55FN3S/c1-8-10-11-21-49-44-18-13-12-17-43(44)45(48(9-2)58-49)31-26-38-27-33-47-46-32-28-39(37-24-29-40(57)30-25-37)34-52(46)61-55(47)53(38)56-59(7)50-22-14-15-23-51(50)60(56)54-41(35(3)4)19-16-20-42(54)36(5)6/h9,11-25,27-30,32-36,45,48H,2,8,10,26,31H2,1,3-7H3/q+1/b21-11-. The third kappa shape index (κ3) is 7.27. The predicted molar refractivity (Wildman–Crippen MR) is 258 cm³/mol. The normalized spacial score (nSPS) is 15.5. The number of benzene rings is 6. The van der Waals surface area contributed by atoms with E-state index in [1.807, 2.05) is 23.5 Å². The van der Waals surface area contributed by atoms with Crippen molar-refractivity contribution in [1.29, 1.82) is 0 Å². The zero-order chi connectivity index (χ0) is 42.4. The fourth-order valence-corrected chi connectivity index (χ4v) is 11.0. The van der Waals surface area contributed by atoms with Crippen LogP contribution < -0.4 is 4.57 Å². The molecule has 0 N–H and O–H groups in total. The topological polar surface area (TPSA) is 21.2 Å². The van der Waals surface area contributed by atoms with E-state index in [1.165, 1.54) is 76.1 Å². The number of nitrogens with zero attached hydrogens (tertiary/aromatic N) is 3. The van der Waals surface area contributed by atoms with Crippen LogP contribution in [-0.2, 0) is 13.5 Å². The van der Waals surface area contributed by atoms with E-state index in [-0.39, 0.29) is 17.8 Å². The van der Waals surface area contributed by atoms with Gasteiger partial charge in [0.2, 0.25) is 0 Å². The van der Waals surface area contributed by atoms with Crippen LogP contribution in [-0.4, -0.2) is 16.3 Å². The van der Waals surface area contributed by atoms with Gasteiger partial charge in [0, 0.05) is 38.1 Å². The number of para-hydroxylation sites is 3. The highest BCUT2D eigenvalue weighted by atomic mass is 32.1. The second-order valence-electron chi connectivity index (χ2n) is 17.3. The first kappa shape index (κ1) is 40.5. The van der Waals surface area contributed by atoms with Gasteiger partial charge in [-0.05, 0) is 89.8 Å². The monoisotopic (exact) mass is 820 g/mol. The number of hydrogen-bond acceptors (Lipinski definition) is 2. The van der Waals surface area contributed by atoms with Crippen molar-refractivity contribution in [3.05, 3.63) is 180 Å². The lowest BCUT2D eigenvalue weighted by Crippen LogP contribution is -2.31. The summed E-state index contributed by atoms with van der Waals surface area (Å²) in [5.74, 6) is 1.80. The number of rotatable bonds is 12. The molecule has 0 spiro atoms. The minimum atomic E-state index is -0.223. The maximum atomic E-state index is 14.0. The van der Waals surface area contributed by atoms with Crippen LogP contribution in [0.4, 0.5) is 4.39 Å². The lowest BCUT2D eigenvalue weighted by atomic mass is 9.80. The second-order valence-corrected chi connectivity index (χ2v) is 18.3. The summed E-state index contributed by atoms with van der Waals surface area (Å²) in [6.45, 7) is 15.8. The van der Waals surface area contributed by atoms with Gasteiger partial charge in [-0.15, -0.1) is 17.9 Å². The minimum absolute atomic E-state index is 0.0216. The van der Waals surface area contributed by atoms with E-state index < -0.39 is 0 Å². The molecule has 3 heterocycles. The second kappa shape index (κ2) is 16.9. The summed E-state index contributed by atoms with van der Waals surface area (Å²) < 4.78 is 21.5. The zero-order valence-corrected chi connectivity index (χ0v) is 37.1. The Balaban J connectivity index is 1.29. The summed E-state index contributed by atoms with van der Waals surface area (Å²) in [6.07, 6.45) is 10.5. The Labute approximate surface area is 364 Å². The first-order chi connectivity index (χ1) is 29.7. The average molecular weight is 821 g/mol. The summed E-state index contributed by atoms with van der Waals surface area (Å²) in [6, 6.07) is 42.9. The summed E-state index contributed by atoms with van der Waals surface area (Å²) in [7, 11) is 2.25. The summed E-state index contributed by atoms with van der Waals surface area (Å²) in [5, 5.41) is 2.49. The average Bonchev–Trinajstić information content (AvgIpc) is 3.79. The quantitative estimate of drug-likeness (QED) is 0.0865. The van der Waals surface area contributed by atoms with Crippen molar-refractivity contribution < 1.29 is 8.96 Å². The molecule has 2 unspecified atom stereocenters. The molecule has 0 amide bonds. The fraction of sp³-hybridized carbons (Fsp3) is 0.250. The maximum Gasteiger partial charge on any atom is 0.296 e. The molecule has 61 heavy (non-hydrogen) atoms. The molecule has 8 aromatic rings. The first-order valence-corrected chi connectivity index (χ1v) is 22.8. The first-order valence-electron chi connectivity index (χ1n) is 22.0. The number of aryl methyl sites for hydroxylation is 2. The van der Waals surface area contributed by atoms with Crippen LogP contribution in [0.2, 0.25) is 0 Å². The zero-order valence-electron chi connectivity index (χ0n) is 36.3. The Kier molecular flexibility index (Phi) is 11.2. The van der Waals surface area contributed by atoms with Crippen molar-refractivity contribution in [3.8, 4) is 28.2 Å². The van der Waals surface area contributed by atoms with Crippen LogP contribution in [0, 0.1) is 5.82 Å². The number of hydrogen-bond donors (Lipinski definition) is 0. The van der Waals surface area contributed by atoms with Gasteiger partial charge in [0.25, 0.3) is 5.82 Å². The van der Waals surface area contributed by atoms with E-state index in [4.69, 9.17) is 4.99 Å². The van der Waals surface area contributed by atoms with Gasteiger partial charge >= 0.3 is 0 Å². The minimum Gasteiger partial charge on any atom is -0.277 e. The van der Waals surface area contributed by atoms with Gasteiger partial charge in [-0.1, -0.05) is 144 Å². The molecule has 0 radical (unpaired) electrons. The molecule has 0 saturated heterocycles. The van der Waals surface area contributed by atoms with Gasteiger partial charge < -0.3 is 0 Å². The molecule has 0 aliphatic carbocycles. The largest absolute Gasteiger partial charge is 0.296 e. The molecule has 0 saturated carbocycles. The molecule has 2 aromatic heterocycles. The SMILES string of the molecule is C=CC1N=C(/C=C\CCC)c2ccccc2C1CCc1ccc2c(sc3cc(-c4ccc(F)cc4)ccc32)c1-c1n(-c2c(C(C)C)cccc2C(C)C)c2ccccc2[n+]1C. The Morgan fingerprint density at radius 1 is 0.820 bits per heavy atom. The van der Waals surface area contributed by atoms with E-state index in [1.54, 1.807) is 12.1 Å². The van der Waals surface area contributed by atoms with Crippen LogP contribution in [0.15, 0.2) is 151 Å². The van der Waals surface area contributed by atoms with E-state index in [0.29, 0.717) is 11.8 Å². The molecular weight excluding hydrogens is 766 g/mol. The highest BCUT2D eigenvalue weighted by Crippen LogP contribution is 2.46. The van der Waals surface area contributed by atoms with Crippen LogP contribution in [0.1, 0.15) is 99.5 Å². The molecule has 9 rings (SSSR count). The summed E-state index contributed by atoms with van der Waals surface area (Å²) in [5.41, 5.74) is 14.7. The number of fused-ring (bicyclic) bond motifs is 5. The highest BCUT2D eigenvalue weighted by molar-refractivity contribution is 7.26. The smallest absolute Gasteiger partial charge is 0.277 e.